The molecule has 0 radical (unpaired) electrons. The third kappa shape index (κ3) is 8.26. The second-order valence-electron chi connectivity index (χ2n) is 6.02. The van der Waals surface area contributed by atoms with E-state index in [0.717, 1.165) is 37.8 Å². The van der Waals surface area contributed by atoms with Crippen LogP contribution in [-0.2, 0) is 6.18 Å². The van der Waals surface area contributed by atoms with Crippen molar-refractivity contribution in [2.24, 2.45) is 0 Å². The fourth-order valence-electron chi connectivity index (χ4n) is 2.22. The molecule has 7 heteroatoms. The van der Waals surface area contributed by atoms with Crippen LogP contribution in [0.3, 0.4) is 0 Å². The van der Waals surface area contributed by atoms with E-state index in [9.17, 15) is 27.7 Å². The Bertz CT molecular complexity index is 528. The number of hydrogen-bond donors (Lipinski definition) is 0. The Balaban J connectivity index is 0.000000470. The van der Waals surface area contributed by atoms with Gasteiger partial charge in [0.15, 0.2) is 0 Å². The van der Waals surface area contributed by atoms with E-state index in [1.807, 2.05) is 6.92 Å². The Kier molecular flexibility index (Phi) is 8.93. The van der Waals surface area contributed by atoms with Crippen LogP contribution in [-0.4, -0.2) is 10.6 Å². The van der Waals surface area contributed by atoms with E-state index in [1.54, 1.807) is 6.92 Å². The highest BCUT2D eigenvalue weighted by atomic mass is 19.4. The minimum atomic E-state index is -4.55. The molecule has 1 atom stereocenters. The Labute approximate surface area is 140 Å². The van der Waals surface area contributed by atoms with Crippen LogP contribution in [0.5, 0.6) is 0 Å². The van der Waals surface area contributed by atoms with E-state index < -0.39 is 28.0 Å². The summed E-state index contributed by atoms with van der Waals surface area (Å²) >= 11 is 0. The van der Waals surface area contributed by atoms with Gasteiger partial charge in [0.25, 0.3) is 5.69 Å². The lowest BCUT2D eigenvalue weighted by Gasteiger charge is -2.18. The van der Waals surface area contributed by atoms with Crippen molar-refractivity contribution < 1.29 is 22.5 Å². The van der Waals surface area contributed by atoms with Crippen LogP contribution in [0.1, 0.15) is 64.0 Å². The van der Waals surface area contributed by atoms with Gasteiger partial charge >= 0.3 is 6.18 Å². The summed E-state index contributed by atoms with van der Waals surface area (Å²) in [6.45, 7) is 7.10. The molecule has 24 heavy (non-hydrogen) atoms. The van der Waals surface area contributed by atoms with Gasteiger partial charge in [-0.2, -0.15) is 13.2 Å². The maximum absolute atomic E-state index is 13.3. The van der Waals surface area contributed by atoms with Crippen LogP contribution in [0.25, 0.3) is 0 Å². The molecule has 1 unspecified atom stereocenters. The predicted octanol–water partition coefficient (Wildman–Crippen LogP) is 6.63. The average Bonchev–Trinajstić information content (AvgIpc) is 2.45. The van der Waals surface area contributed by atoms with Gasteiger partial charge in [0.2, 0.25) is 0 Å². The van der Waals surface area contributed by atoms with Crippen molar-refractivity contribution in [2.75, 3.05) is 0 Å². The molecule has 0 saturated carbocycles. The number of rotatable bonds is 6. The molecule has 0 heterocycles. The van der Waals surface area contributed by atoms with Crippen molar-refractivity contribution in [3.63, 3.8) is 0 Å². The predicted molar refractivity (Wildman–Crippen MR) is 86.8 cm³/mol. The van der Waals surface area contributed by atoms with E-state index >= 15 is 0 Å². The quantitative estimate of drug-likeness (QED) is 0.328. The molecular formula is C17H25F4NO2. The number of benzene rings is 1. The fraction of sp³-hybridized carbons (Fsp3) is 0.647. The van der Waals surface area contributed by atoms with Crippen molar-refractivity contribution in [3.05, 3.63) is 39.4 Å². The summed E-state index contributed by atoms with van der Waals surface area (Å²) in [5.41, 5.74) is -2.44. The molecule has 0 aliphatic heterocycles. The maximum atomic E-state index is 13.3. The Morgan fingerprint density at radius 1 is 1.08 bits per heavy atom. The molecule has 0 fully saturated rings. The first-order chi connectivity index (χ1) is 10.9. The average molecular weight is 351 g/mol. The molecule has 0 saturated heterocycles. The van der Waals surface area contributed by atoms with Crippen LogP contribution >= 0.6 is 0 Å². The van der Waals surface area contributed by atoms with E-state index in [4.69, 9.17) is 0 Å². The van der Waals surface area contributed by atoms with Crippen molar-refractivity contribution in [3.8, 4) is 0 Å². The summed E-state index contributed by atoms with van der Waals surface area (Å²) in [6.07, 6.45) is -0.0205. The smallest absolute Gasteiger partial charge is 0.258 e. The van der Waals surface area contributed by atoms with E-state index in [1.165, 1.54) is 6.92 Å². The normalized spacial score (nSPS) is 13.7. The van der Waals surface area contributed by atoms with Crippen molar-refractivity contribution >= 4 is 5.69 Å². The van der Waals surface area contributed by atoms with Crippen LogP contribution in [0.2, 0.25) is 0 Å². The van der Waals surface area contributed by atoms with Gasteiger partial charge in [-0.3, -0.25) is 10.1 Å². The summed E-state index contributed by atoms with van der Waals surface area (Å²) in [6, 6.07) is 2.67. The van der Waals surface area contributed by atoms with Crippen molar-refractivity contribution in [2.45, 2.75) is 71.6 Å². The van der Waals surface area contributed by atoms with Gasteiger partial charge in [0, 0.05) is 12.1 Å². The van der Waals surface area contributed by atoms with E-state index in [-0.39, 0.29) is 5.56 Å². The summed E-state index contributed by atoms with van der Waals surface area (Å²) in [4.78, 5) is 9.38. The summed E-state index contributed by atoms with van der Waals surface area (Å²) in [7, 11) is 0. The molecule has 1 rings (SSSR count). The molecule has 0 aliphatic rings. The monoisotopic (exact) mass is 351 g/mol. The first kappa shape index (κ1) is 22.3. The highest BCUT2D eigenvalue weighted by molar-refractivity contribution is 5.40. The van der Waals surface area contributed by atoms with Crippen LogP contribution in [0.15, 0.2) is 18.2 Å². The Morgan fingerprint density at radius 2 is 1.67 bits per heavy atom. The van der Waals surface area contributed by atoms with Crippen molar-refractivity contribution in [1.29, 1.82) is 0 Å². The molecule has 138 valence electrons. The van der Waals surface area contributed by atoms with Gasteiger partial charge in [-0.05, 0) is 32.3 Å². The van der Waals surface area contributed by atoms with Gasteiger partial charge in [0.1, 0.15) is 5.67 Å². The zero-order valence-corrected chi connectivity index (χ0v) is 14.5. The summed E-state index contributed by atoms with van der Waals surface area (Å²) < 4.78 is 50.1. The lowest BCUT2D eigenvalue weighted by Crippen LogP contribution is -2.16. The first-order valence-corrected chi connectivity index (χ1v) is 7.95. The fourth-order valence-corrected chi connectivity index (χ4v) is 2.22. The largest absolute Gasteiger partial charge is 0.416 e. The molecular weight excluding hydrogens is 326 g/mol. The minimum absolute atomic E-state index is 0.0249. The number of hydrogen-bond acceptors (Lipinski definition) is 2. The molecule has 0 aliphatic carbocycles. The van der Waals surface area contributed by atoms with Crippen molar-refractivity contribution in [1.82, 2.24) is 0 Å². The Hall–Kier alpha value is -1.66. The number of unbranched alkanes of at least 4 members (excludes halogenated alkanes) is 1. The summed E-state index contributed by atoms with van der Waals surface area (Å²) in [5, 5.41) is 10.2. The van der Waals surface area contributed by atoms with Crippen LogP contribution in [0, 0.1) is 17.0 Å². The van der Waals surface area contributed by atoms with E-state index in [0.29, 0.717) is 12.5 Å². The topological polar surface area (TPSA) is 43.1 Å². The molecule has 1 aromatic carbocycles. The SMILES string of the molecule is CCCCC(C)(F)CCC.Cc1ccc([N+](=O)[O-])cc1C(F)(F)F. The second-order valence-corrected chi connectivity index (χ2v) is 6.02. The number of aryl methyl sites for hydroxylation is 1. The van der Waals surface area contributed by atoms with Crippen LogP contribution < -0.4 is 0 Å². The number of non-ortho nitro benzene ring substituents is 1. The molecule has 0 bridgehead atoms. The third-order valence-corrected chi connectivity index (χ3v) is 3.56. The second kappa shape index (κ2) is 9.59. The number of alkyl halides is 4. The van der Waals surface area contributed by atoms with E-state index in [2.05, 4.69) is 6.92 Å². The zero-order valence-electron chi connectivity index (χ0n) is 14.5. The number of nitrogens with zero attached hydrogens (tertiary/aromatic N) is 1. The van der Waals surface area contributed by atoms with Gasteiger partial charge in [-0.25, -0.2) is 4.39 Å². The van der Waals surface area contributed by atoms with Crippen LogP contribution in [0.4, 0.5) is 23.2 Å². The highest BCUT2D eigenvalue weighted by Crippen LogP contribution is 2.33. The highest BCUT2D eigenvalue weighted by Gasteiger charge is 2.33. The number of nitro groups is 1. The molecule has 0 spiro atoms. The molecule has 0 aromatic heterocycles. The van der Waals surface area contributed by atoms with Gasteiger partial charge in [0.05, 0.1) is 10.5 Å². The van der Waals surface area contributed by atoms with Gasteiger partial charge < -0.3 is 0 Å². The molecule has 3 nitrogen and oxygen atoms in total. The third-order valence-electron chi connectivity index (χ3n) is 3.56. The lowest BCUT2D eigenvalue weighted by atomic mass is 9.96. The first-order valence-electron chi connectivity index (χ1n) is 7.95. The standard InChI is InChI=1S/C9H19F.C8H6F3NO2/c1-4-6-8-9(3,10)7-5-2;1-5-2-3-6(12(13)14)4-7(5)8(9,10)11/h4-8H2,1-3H3;2-4H,1H3. The van der Waals surface area contributed by atoms with Gasteiger partial charge in [-0.1, -0.05) is 39.2 Å². The molecule has 0 amide bonds. The van der Waals surface area contributed by atoms with Gasteiger partial charge in [-0.15, -0.1) is 0 Å². The number of halogens is 4. The summed E-state index contributed by atoms with van der Waals surface area (Å²) in [5.74, 6) is 0. The lowest BCUT2D eigenvalue weighted by molar-refractivity contribution is -0.385. The zero-order chi connectivity index (χ0) is 19.0. The number of nitro benzene ring substituents is 1. The molecule has 1 aromatic rings. The minimum Gasteiger partial charge on any atom is -0.258 e. The Morgan fingerprint density at radius 3 is 2.08 bits per heavy atom. The maximum Gasteiger partial charge on any atom is 0.416 e. The molecule has 0 N–H and O–H groups in total.